The number of amides is 1. The van der Waals surface area contributed by atoms with Crippen molar-refractivity contribution >= 4 is 15.9 Å². The maximum atomic E-state index is 12.2. The van der Waals surface area contributed by atoms with Crippen molar-refractivity contribution in [2.45, 2.75) is 31.7 Å². The summed E-state index contributed by atoms with van der Waals surface area (Å²) in [5, 5.41) is 2.88. The monoisotopic (exact) mass is 310 g/mol. The quantitative estimate of drug-likeness (QED) is 0.892. The topological polar surface area (TPSA) is 66.5 Å². The molecule has 0 aromatic heterocycles. The van der Waals surface area contributed by atoms with Gasteiger partial charge in [-0.15, -0.1) is 0 Å². The molecule has 0 saturated carbocycles. The standard InChI is InChI=1S/C15H22N2O3S/c1-12(13-7-4-3-5-8-13)11-16-15(18)14-9-6-10-17(14)21(2,19)20/h3-5,7-8,12,14H,6,9-11H2,1-2H3,(H,16,18)/t12-,14+/m0/s1. The summed E-state index contributed by atoms with van der Waals surface area (Å²) in [5.41, 5.74) is 1.16. The Morgan fingerprint density at radius 2 is 2.05 bits per heavy atom. The maximum Gasteiger partial charge on any atom is 0.238 e. The molecule has 5 nitrogen and oxygen atoms in total. The van der Waals surface area contributed by atoms with Crippen LogP contribution < -0.4 is 5.32 Å². The number of rotatable bonds is 5. The molecule has 1 N–H and O–H groups in total. The van der Waals surface area contributed by atoms with Crippen LogP contribution >= 0.6 is 0 Å². The van der Waals surface area contributed by atoms with Crippen LogP contribution in [0.3, 0.4) is 0 Å². The summed E-state index contributed by atoms with van der Waals surface area (Å²) in [6, 6.07) is 9.39. The lowest BCUT2D eigenvalue weighted by atomic mass is 10.0. The molecule has 1 aliphatic rings. The molecule has 21 heavy (non-hydrogen) atoms. The molecule has 1 amide bonds. The number of benzene rings is 1. The van der Waals surface area contributed by atoms with Gasteiger partial charge >= 0.3 is 0 Å². The molecule has 0 spiro atoms. The van der Waals surface area contributed by atoms with Crippen LogP contribution in [0, 0.1) is 0 Å². The van der Waals surface area contributed by atoms with Gasteiger partial charge in [0.1, 0.15) is 6.04 Å². The highest BCUT2D eigenvalue weighted by molar-refractivity contribution is 7.88. The minimum atomic E-state index is -3.31. The van der Waals surface area contributed by atoms with Gasteiger partial charge in [0.15, 0.2) is 0 Å². The molecule has 1 saturated heterocycles. The molecule has 1 fully saturated rings. The number of nitrogens with one attached hydrogen (secondary N) is 1. The third kappa shape index (κ3) is 4.04. The molecule has 0 bridgehead atoms. The summed E-state index contributed by atoms with van der Waals surface area (Å²) in [5.74, 6) is 0.00365. The van der Waals surface area contributed by atoms with Crippen LogP contribution in [0.2, 0.25) is 0 Å². The van der Waals surface area contributed by atoms with E-state index in [0.717, 1.165) is 18.2 Å². The molecular formula is C15H22N2O3S. The normalized spacial score (nSPS) is 21.1. The molecule has 1 aromatic carbocycles. The lowest BCUT2D eigenvalue weighted by Crippen LogP contribution is -2.46. The number of hydrogen-bond donors (Lipinski definition) is 1. The lowest BCUT2D eigenvalue weighted by molar-refractivity contribution is -0.124. The summed E-state index contributed by atoms with van der Waals surface area (Å²) in [6.07, 6.45) is 2.49. The van der Waals surface area contributed by atoms with E-state index in [4.69, 9.17) is 0 Å². The number of carbonyl (C=O) groups excluding carboxylic acids is 1. The fourth-order valence-electron chi connectivity index (χ4n) is 2.67. The van der Waals surface area contributed by atoms with E-state index in [1.54, 1.807) is 0 Å². The first-order valence-corrected chi connectivity index (χ1v) is 9.04. The molecule has 0 unspecified atom stereocenters. The second-order valence-corrected chi connectivity index (χ2v) is 7.52. The van der Waals surface area contributed by atoms with Crippen molar-refractivity contribution in [3.05, 3.63) is 35.9 Å². The number of sulfonamides is 1. The molecule has 6 heteroatoms. The van der Waals surface area contributed by atoms with Crippen molar-refractivity contribution in [2.24, 2.45) is 0 Å². The third-order valence-electron chi connectivity index (χ3n) is 3.88. The van der Waals surface area contributed by atoms with E-state index in [2.05, 4.69) is 5.32 Å². The summed E-state index contributed by atoms with van der Waals surface area (Å²) < 4.78 is 24.6. The Bertz CT molecular complexity index is 586. The second-order valence-electron chi connectivity index (χ2n) is 5.59. The van der Waals surface area contributed by atoms with Gasteiger partial charge in [0, 0.05) is 13.1 Å². The summed E-state index contributed by atoms with van der Waals surface area (Å²) in [4.78, 5) is 12.2. The largest absolute Gasteiger partial charge is 0.354 e. The molecule has 2 atom stereocenters. The highest BCUT2D eigenvalue weighted by Crippen LogP contribution is 2.21. The van der Waals surface area contributed by atoms with Crippen LogP contribution in [0.15, 0.2) is 30.3 Å². The van der Waals surface area contributed by atoms with E-state index in [0.29, 0.717) is 19.5 Å². The van der Waals surface area contributed by atoms with Crippen LogP contribution in [-0.2, 0) is 14.8 Å². The van der Waals surface area contributed by atoms with Gasteiger partial charge in [-0.1, -0.05) is 37.3 Å². The van der Waals surface area contributed by atoms with Crippen molar-refractivity contribution in [1.29, 1.82) is 0 Å². The Balaban J connectivity index is 1.93. The van der Waals surface area contributed by atoms with Gasteiger partial charge in [-0.3, -0.25) is 4.79 Å². The predicted molar refractivity (Wildman–Crippen MR) is 82.4 cm³/mol. The van der Waals surface area contributed by atoms with Crippen molar-refractivity contribution in [3.63, 3.8) is 0 Å². The first-order chi connectivity index (χ1) is 9.89. The Labute approximate surface area is 126 Å². The molecule has 116 valence electrons. The van der Waals surface area contributed by atoms with E-state index >= 15 is 0 Å². The third-order valence-corrected chi connectivity index (χ3v) is 5.17. The van der Waals surface area contributed by atoms with Crippen molar-refractivity contribution in [3.8, 4) is 0 Å². The van der Waals surface area contributed by atoms with E-state index in [9.17, 15) is 13.2 Å². The molecular weight excluding hydrogens is 288 g/mol. The van der Waals surface area contributed by atoms with Gasteiger partial charge in [-0.25, -0.2) is 8.42 Å². The fraction of sp³-hybridized carbons (Fsp3) is 0.533. The Kier molecular flexibility index (Phi) is 5.00. The van der Waals surface area contributed by atoms with Gasteiger partial charge in [0.25, 0.3) is 0 Å². The summed E-state index contributed by atoms with van der Waals surface area (Å²) in [7, 11) is -3.31. The highest BCUT2D eigenvalue weighted by Gasteiger charge is 2.36. The zero-order chi connectivity index (χ0) is 15.5. The number of hydrogen-bond acceptors (Lipinski definition) is 3. The lowest BCUT2D eigenvalue weighted by Gasteiger charge is -2.22. The number of nitrogens with zero attached hydrogens (tertiary/aromatic N) is 1. The van der Waals surface area contributed by atoms with E-state index in [1.165, 1.54) is 4.31 Å². The van der Waals surface area contributed by atoms with Gasteiger partial charge in [-0.05, 0) is 24.3 Å². The van der Waals surface area contributed by atoms with Crippen LogP contribution in [-0.4, -0.2) is 44.0 Å². The first-order valence-electron chi connectivity index (χ1n) is 7.19. The van der Waals surface area contributed by atoms with Crippen molar-refractivity contribution in [2.75, 3.05) is 19.3 Å². The van der Waals surface area contributed by atoms with Crippen molar-refractivity contribution < 1.29 is 13.2 Å². The number of carbonyl (C=O) groups is 1. The molecule has 1 aliphatic heterocycles. The van der Waals surface area contributed by atoms with Gasteiger partial charge < -0.3 is 5.32 Å². The smallest absolute Gasteiger partial charge is 0.238 e. The molecule has 1 heterocycles. The fourth-order valence-corrected chi connectivity index (χ4v) is 3.79. The van der Waals surface area contributed by atoms with E-state index < -0.39 is 16.1 Å². The molecule has 0 aliphatic carbocycles. The summed E-state index contributed by atoms with van der Waals surface area (Å²) >= 11 is 0. The highest BCUT2D eigenvalue weighted by atomic mass is 32.2. The zero-order valence-corrected chi connectivity index (χ0v) is 13.3. The zero-order valence-electron chi connectivity index (χ0n) is 12.5. The van der Waals surface area contributed by atoms with Crippen LogP contribution in [0.5, 0.6) is 0 Å². The Morgan fingerprint density at radius 3 is 2.67 bits per heavy atom. The van der Waals surface area contributed by atoms with Gasteiger partial charge in [-0.2, -0.15) is 4.31 Å². The molecule has 1 aromatic rings. The van der Waals surface area contributed by atoms with Crippen molar-refractivity contribution in [1.82, 2.24) is 9.62 Å². The Hall–Kier alpha value is -1.40. The van der Waals surface area contributed by atoms with Gasteiger partial charge in [0.2, 0.25) is 15.9 Å². The predicted octanol–water partition coefficient (Wildman–Crippen LogP) is 1.33. The SMILES string of the molecule is C[C@@H](CNC(=O)[C@H]1CCCN1S(C)(=O)=O)c1ccccc1. The van der Waals surface area contributed by atoms with E-state index in [1.807, 2.05) is 37.3 Å². The molecule has 0 radical (unpaired) electrons. The minimum absolute atomic E-state index is 0.194. The van der Waals surface area contributed by atoms with Gasteiger partial charge in [0.05, 0.1) is 6.26 Å². The van der Waals surface area contributed by atoms with Crippen LogP contribution in [0.1, 0.15) is 31.2 Å². The second kappa shape index (κ2) is 6.58. The minimum Gasteiger partial charge on any atom is -0.354 e. The Morgan fingerprint density at radius 1 is 1.38 bits per heavy atom. The summed E-state index contributed by atoms with van der Waals surface area (Å²) in [6.45, 7) is 2.99. The average molecular weight is 310 g/mol. The van der Waals surface area contributed by atoms with Crippen LogP contribution in [0.25, 0.3) is 0 Å². The average Bonchev–Trinajstić information content (AvgIpc) is 2.95. The van der Waals surface area contributed by atoms with Crippen LogP contribution in [0.4, 0.5) is 0 Å². The van der Waals surface area contributed by atoms with E-state index in [-0.39, 0.29) is 11.8 Å². The first kappa shape index (κ1) is 16.0. The maximum absolute atomic E-state index is 12.2. The molecule has 2 rings (SSSR count).